The standard InChI is InChI=1S/C24H17NO2/c26-23(18-10-3-1-4-11-18)22(24(27)19-12-5-2-6-13-19)21-16-15-17-9-7-8-14-20(17)25-21/h1-16,26H/b23-22+. The maximum absolute atomic E-state index is 13.2. The Labute approximate surface area is 157 Å². The number of carbonyl (C=O) groups is 1. The zero-order valence-corrected chi connectivity index (χ0v) is 14.5. The van der Waals surface area contributed by atoms with E-state index in [1.165, 1.54) is 0 Å². The van der Waals surface area contributed by atoms with E-state index in [0.717, 1.165) is 10.9 Å². The van der Waals surface area contributed by atoms with Crippen LogP contribution in [0, 0.1) is 0 Å². The number of benzene rings is 3. The van der Waals surface area contributed by atoms with Gasteiger partial charge in [0.1, 0.15) is 5.76 Å². The number of rotatable bonds is 4. The third-order valence-corrected chi connectivity index (χ3v) is 4.40. The molecule has 0 bridgehead atoms. The van der Waals surface area contributed by atoms with Crippen molar-refractivity contribution in [2.45, 2.75) is 0 Å². The molecule has 0 aliphatic heterocycles. The van der Waals surface area contributed by atoms with E-state index in [1.54, 1.807) is 42.5 Å². The van der Waals surface area contributed by atoms with Crippen molar-refractivity contribution in [3.63, 3.8) is 0 Å². The third-order valence-electron chi connectivity index (χ3n) is 4.40. The fourth-order valence-corrected chi connectivity index (χ4v) is 3.02. The van der Waals surface area contributed by atoms with Gasteiger partial charge in [-0.05, 0) is 12.1 Å². The van der Waals surface area contributed by atoms with Gasteiger partial charge in [0.25, 0.3) is 0 Å². The number of allylic oxidation sites excluding steroid dienone is 1. The number of hydrogen-bond donors (Lipinski definition) is 1. The van der Waals surface area contributed by atoms with E-state index >= 15 is 0 Å². The summed E-state index contributed by atoms with van der Waals surface area (Å²) in [5.41, 5.74) is 2.49. The normalized spacial score (nSPS) is 11.9. The van der Waals surface area contributed by atoms with E-state index in [1.807, 2.05) is 54.6 Å². The van der Waals surface area contributed by atoms with Crippen LogP contribution in [0.5, 0.6) is 0 Å². The van der Waals surface area contributed by atoms with E-state index in [4.69, 9.17) is 0 Å². The van der Waals surface area contributed by atoms with Crippen LogP contribution in [0.3, 0.4) is 0 Å². The summed E-state index contributed by atoms with van der Waals surface area (Å²) in [4.78, 5) is 17.9. The van der Waals surface area contributed by atoms with Crippen LogP contribution in [0.2, 0.25) is 0 Å². The Morgan fingerprint density at radius 3 is 1.96 bits per heavy atom. The number of carbonyl (C=O) groups excluding carboxylic acids is 1. The topological polar surface area (TPSA) is 50.2 Å². The van der Waals surface area contributed by atoms with Gasteiger partial charge >= 0.3 is 0 Å². The van der Waals surface area contributed by atoms with Gasteiger partial charge in [0.15, 0.2) is 5.78 Å². The molecule has 27 heavy (non-hydrogen) atoms. The quantitative estimate of drug-likeness (QED) is 0.298. The van der Waals surface area contributed by atoms with Gasteiger partial charge in [0.2, 0.25) is 0 Å². The third kappa shape index (κ3) is 3.35. The summed E-state index contributed by atoms with van der Waals surface area (Å²) in [7, 11) is 0. The molecule has 1 heterocycles. The van der Waals surface area contributed by atoms with Gasteiger partial charge in [0, 0.05) is 16.5 Å². The van der Waals surface area contributed by atoms with Crippen molar-refractivity contribution in [1.29, 1.82) is 0 Å². The van der Waals surface area contributed by atoms with Crippen LogP contribution in [0.1, 0.15) is 21.6 Å². The first-order valence-electron chi connectivity index (χ1n) is 8.68. The number of aromatic nitrogens is 1. The largest absolute Gasteiger partial charge is 0.506 e. The molecule has 0 atom stereocenters. The average Bonchev–Trinajstić information content (AvgIpc) is 2.75. The Hall–Kier alpha value is -3.72. The minimum Gasteiger partial charge on any atom is -0.506 e. The number of para-hydroxylation sites is 1. The lowest BCUT2D eigenvalue weighted by atomic mass is 9.96. The molecule has 3 aromatic carbocycles. The molecule has 0 spiro atoms. The van der Waals surface area contributed by atoms with Crippen LogP contribution in [0.4, 0.5) is 0 Å². The Balaban J connectivity index is 1.94. The zero-order valence-electron chi connectivity index (χ0n) is 14.5. The molecule has 0 saturated carbocycles. The summed E-state index contributed by atoms with van der Waals surface area (Å²) in [6.45, 7) is 0. The molecule has 3 heteroatoms. The molecule has 0 unspecified atom stereocenters. The van der Waals surface area contributed by atoms with Gasteiger partial charge in [-0.25, -0.2) is 4.98 Å². The van der Waals surface area contributed by atoms with Crippen molar-refractivity contribution in [3.05, 3.63) is 114 Å². The molecule has 0 fully saturated rings. The van der Waals surface area contributed by atoms with Crippen molar-refractivity contribution in [1.82, 2.24) is 4.98 Å². The molecule has 1 aromatic heterocycles. The maximum atomic E-state index is 13.2. The number of hydrogen-bond acceptors (Lipinski definition) is 3. The highest BCUT2D eigenvalue weighted by atomic mass is 16.3. The molecule has 4 rings (SSSR count). The van der Waals surface area contributed by atoms with E-state index < -0.39 is 0 Å². The predicted molar refractivity (Wildman–Crippen MR) is 108 cm³/mol. The first kappa shape index (κ1) is 16.7. The van der Waals surface area contributed by atoms with E-state index in [9.17, 15) is 9.90 Å². The predicted octanol–water partition coefficient (Wildman–Crippen LogP) is 5.54. The summed E-state index contributed by atoms with van der Waals surface area (Å²) in [5.74, 6) is -0.341. The number of nitrogens with zero attached hydrogens (tertiary/aromatic N) is 1. The lowest BCUT2D eigenvalue weighted by Gasteiger charge is -2.11. The number of pyridine rings is 1. The number of aliphatic hydroxyl groups is 1. The van der Waals surface area contributed by atoms with E-state index in [2.05, 4.69) is 4.98 Å². The number of aliphatic hydroxyl groups excluding tert-OH is 1. The van der Waals surface area contributed by atoms with Crippen LogP contribution in [0.15, 0.2) is 97.1 Å². The lowest BCUT2D eigenvalue weighted by molar-refractivity contribution is 0.105. The van der Waals surface area contributed by atoms with Gasteiger partial charge in [-0.1, -0.05) is 84.9 Å². The van der Waals surface area contributed by atoms with Crippen LogP contribution < -0.4 is 0 Å². The van der Waals surface area contributed by atoms with Crippen molar-refractivity contribution < 1.29 is 9.90 Å². The second-order valence-electron chi connectivity index (χ2n) is 6.17. The van der Waals surface area contributed by atoms with Gasteiger partial charge in [-0.3, -0.25) is 4.79 Å². The zero-order chi connectivity index (χ0) is 18.6. The van der Waals surface area contributed by atoms with Crippen LogP contribution in [-0.2, 0) is 0 Å². The minimum atomic E-state index is -0.264. The lowest BCUT2D eigenvalue weighted by Crippen LogP contribution is -2.07. The van der Waals surface area contributed by atoms with Crippen molar-refractivity contribution in [3.8, 4) is 0 Å². The second kappa shape index (κ2) is 7.26. The highest BCUT2D eigenvalue weighted by Crippen LogP contribution is 2.28. The maximum Gasteiger partial charge on any atom is 0.198 e. The minimum absolute atomic E-state index is 0.0766. The fourth-order valence-electron chi connectivity index (χ4n) is 3.02. The molecule has 3 nitrogen and oxygen atoms in total. The summed E-state index contributed by atoms with van der Waals surface area (Å²) in [6, 6.07) is 29.4. The Morgan fingerprint density at radius 1 is 0.667 bits per heavy atom. The molecular formula is C24H17NO2. The monoisotopic (exact) mass is 351 g/mol. The molecule has 0 radical (unpaired) electrons. The second-order valence-corrected chi connectivity index (χ2v) is 6.17. The number of fused-ring (bicyclic) bond motifs is 1. The van der Waals surface area contributed by atoms with Gasteiger partial charge < -0.3 is 5.11 Å². The molecular weight excluding hydrogens is 334 g/mol. The highest BCUT2D eigenvalue weighted by Gasteiger charge is 2.21. The van der Waals surface area contributed by atoms with Crippen LogP contribution in [0.25, 0.3) is 22.2 Å². The SMILES string of the molecule is O=C(/C(=C(/O)c1ccccc1)c1ccc2ccccc2n1)c1ccccc1. The first-order chi connectivity index (χ1) is 13.2. The summed E-state index contributed by atoms with van der Waals surface area (Å²) in [5, 5.41) is 11.9. The number of Topliss-reactive ketones (excluding diaryl/α,β-unsaturated/α-hetero) is 1. The summed E-state index contributed by atoms with van der Waals surface area (Å²) >= 11 is 0. The smallest absolute Gasteiger partial charge is 0.198 e. The molecule has 0 saturated heterocycles. The van der Waals surface area contributed by atoms with Crippen molar-refractivity contribution in [2.24, 2.45) is 0 Å². The van der Waals surface area contributed by atoms with Gasteiger partial charge in [-0.15, -0.1) is 0 Å². The molecule has 1 N–H and O–H groups in total. The first-order valence-corrected chi connectivity index (χ1v) is 8.68. The fraction of sp³-hybridized carbons (Fsp3) is 0. The molecule has 0 amide bonds. The van der Waals surface area contributed by atoms with Crippen molar-refractivity contribution in [2.75, 3.05) is 0 Å². The highest BCUT2D eigenvalue weighted by molar-refractivity contribution is 6.33. The van der Waals surface area contributed by atoms with Gasteiger partial charge in [0.05, 0.1) is 16.8 Å². The Bertz CT molecular complexity index is 1130. The van der Waals surface area contributed by atoms with E-state index in [-0.39, 0.29) is 17.1 Å². The summed E-state index contributed by atoms with van der Waals surface area (Å²) in [6.07, 6.45) is 0. The van der Waals surface area contributed by atoms with Crippen LogP contribution in [-0.4, -0.2) is 15.9 Å². The molecule has 130 valence electrons. The molecule has 4 aromatic rings. The molecule has 0 aliphatic carbocycles. The Morgan fingerprint density at radius 2 is 1.26 bits per heavy atom. The van der Waals surface area contributed by atoms with Crippen LogP contribution >= 0.6 is 0 Å². The Kier molecular flexibility index (Phi) is 4.50. The van der Waals surface area contributed by atoms with Crippen molar-refractivity contribution >= 4 is 28.0 Å². The number of ketones is 1. The average molecular weight is 351 g/mol. The summed E-state index contributed by atoms with van der Waals surface area (Å²) < 4.78 is 0. The van der Waals surface area contributed by atoms with E-state index in [0.29, 0.717) is 16.8 Å². The van der Waals surface area contributed by atoms with Gasteiger partial charge in [-0.2, -0.15) is 0 Å². The molecule has 0 aliphatic rings.